The third-order valence-corrected chi connectivity index (χ3v) is 7.34. The van der Waals surface area contributed by atoms with Crippen molar-refractivity contribution in [3.8, 4) is 11.5 Å². The van der Waals surface area contributed by atoms with Gasteiger partial charge in [0.1, 0.15) is 23.4 Å². The first-order valence-electron chi connectivity index (χ1n) is 13.1. The summed E-state index contributed by atoms with van der Waals surface area (Å²) in [5.74, 6) is 1.95. The highest BCUT2D eigenvalue weighted by Crippen LogP contribution is 2.37. The van der Waals surface area contributed by atoms with Gasteiger partial charge in [-0.15, -0.1) is 0 Å². The third-order valence-electron chi connectivity index (χ3n) is 7.34. The highest BCUT2D eigenvalue weighted by Gasteiger charge is 2.30. The maximum Gasteiger partial charge on any atom is 0.277 e. The van der Waals surface area contributed by atoms with Gasteiger partial charge in [-0.05, 0) is 83.3 Å². The van der Waals surface area contributed by atoms with E-state index in [2.05, 4.69) is 34.1 Å². The Morgan fingerprint density at radius 3 is 2.68 bits per heavy atom. The Labute approximate surface area is 217 Å². The first-order chi connectivity index (χ1) is 17.7. The van der Waals surface area contributed by atoms with Gasteiger partial charge in [-0.25, -0.2) is 9.97 Å². The summed E-state index contributed by atoms with van der Waals surface area (Å²) >= 11 is 0. The van der Waals surface area contributed by atoms with E-state index < -0.39 is 11.5 Å². The van der Waals surface area contributed by atoms with Gasteiger partial charge in [0, 0.05) is 24.5 Å². The van der Waals surface area contributed by atoms with Crippen molar-refractivity contribution in [2.24, 2.45) is 11.8 Å². The van der Waals surface area contributed by atoms with Crippen LogP contribution in [-0.2, 0) is 5.60 Å². The maximum absolute atomic E-state index is 13.1. The van der Waals surface area contributed by atoms with Gasteiger partial charge in [-0.3, -0.25) is 9.48 Å². The number of oxazole rings is 1. The highest BCUT2D eigenvalue weighted by molar-refractivity contribution is 6.03. The lowest BCUT2D eigenvalue weighted by Gasteiger charge is -2.29. The number of aromatic nitrogens is 4. The number of hydrogen-bond acceptors (Lipinski definition) is 7. The molecule has 5 rings (SSSR count). The van der Waals surface area contributed by atoms with E-state index in [9.17, 15) is 9.90 Å². The van der Waals surface area contributed by atoms with Gasteiger partial charge >= 0.3 is 0 Å². The zero-order chi connectivity index (χ0) is 26.2. The lowest BCUT2D eigenvalue weighted by Crippen LogP contribution is -2.22. The number of rotatable bonds is 9. The molecule has 37 heavy (non-hydrogen) atoms. The van der Waals surface area contributed by atoms with Gasteiger partial charge in [0.25, 0.3) is 5.91 Å². The second-order valence-corrected chi connectivity index (χ2v) is 11.0. The van der Waals surface area contributed by atoms with Gasteiger partial charge in [-0.1, -0.05) is 12.2 Å². The number of nitrogens with one attached hydrogen (secondary N) is 2. The molecule has 3 aromatic heterocycles. The Bertz CT molecular complexity index is 1280. The van der Waals surface area contributed by atoms with E-state index in [1.54, 1.807) is 26.1 Å². The van der Waals surface area contributed by atoms with Crippen LogP contribution in [0.15, 0.2) is 47.4 Å². The van der Waals surface area contributed by atoms with E-state index in [-0.39, 0.29) is 11.7 Å². The van der Waals surface area contributed by atoms with E-state index in [1.165, 1.54) is 24.7 Å². The number of pyridine rings is 1. The molecule has 3 aromatic rings. The molecule has 2 aliphatic rings. The van der Waals surface area contributed by atoms with E-state index in [0.29, 0.717) is 23.2 Å². The zero-order valence-corrected chi connectivity index (χ0v) is 21.8. The summed E-state index contributed by atoms with van der Waals surface area (Å²) in [6.07, 6.45) is 11.5. The number of hydrogen-bond donors (Lipinski definition) is 3. The predicted molar refractivity (Wildman–Crippen MR) is 142 cm³/mol. The molecule has 196 valence electrons. The normalized spacial score (nSPS) is 20.0. The van der Waals surface area contributed by atoms with Crippen LogP contribution in [0, 0.1) is 11.8 Å². The van der Waals surface area contributed by atoms with Crippen molar-refractivity contribution >= 4 is 17.4 Å². The largest absolute Gasteiger partial charge is 0.444 e. The van der Waals surface area contributed by atoms with Gasteiger partial charge < -0.3 is 20.2 Å². The topological polar surface area (TPSA) is 118 Å². The van der Waals surface area contributed by atoms with Crippen molar-refractivity contribution in [3.63, 3.8) is 0 Å². The van der Waals surface area contributed by atoms with Crippen molar-refractivity contribution in [1.29, 1.82) is 0 Å². The van der Waals surface area contributed by atoms with Crippen molar-refractivity contribution < 1.29 is 14.3 Å². The number of carbonyl (C=O) groups excluding carboxylic acids is 1. The molecule has 1 amide bonds. The standard InChI is InChI=1S/C28H36N6O3/c1-17(2)19-7-9-21(10-8-19)34-15-22(25(33-34)28(3,4)36)31-26(35)23-16-37-27(32-23)20-11-12-29-24(13-20)30-14-18-5-6-18/h11-13,15-16,18-19,21,36H,1,5-10,14H2,2-4H3,(H,29,30)(H,31,35). The average Bonchev–Trinajstić information content (AvgIpc) is 3.38. The second-order valence-electron chi connectivity index (χ2n) is 11.0. The molecule has 2 saturated carbocycles. The van der Waals surface area contributed by atoms with Crippen molar-refractivity contribution in [1.82, 2.24) is 19.7 Å². The van der Waals surface area contributed by atoms with Crippen LogP contribution in [0.25, 0.3) is 11.5 Å². The first kappa shape index (κ1) is 25.2. The quantitative estimate of drug-likeness (QED) is 0.327. The molecule has 9 heteroatoms. The Morgan fingerprint density at radius 1 is 1.24 bits per heavy atom. The van der Waals surface area contributed by atoms with Crippen LogP contribution in [0.3, 0.4) is 0 Å². The summed E-state index contributed by atoms with van der Waals surface area (Å²) in [5.41, 5.74) is 1.79. The molecule has 9 nitrogen and oxygen atoms in total. The van der Waals surface area contributed by atoms with Gasteiger partial charge in [0.05, 0.1) is 11.7 Å². The smallest absolute Gasteiger partial charge is 0.277 e. The maximum atomic E-state index is 13.1. The fraction of sp³-hybridized carbons (Fsp3) is 0.500. The minimum Gasteiger partial charge on any atom is -0.444 e. The minimum absolute atomic E-state index is 0.149. The van der Waals surface area contributed by atoms with Gasteiger partial charge in [0.2, 0.25) is 5.89 Å². The van der Waals surface area contributed by atoms with E-state index >= 15 is 0 Å². The Balaban J connectivity index is 1.30. The zero-order valence-electron chi connectivity index (χ0n) is 21.8. The van der Waals surface area contributed by atoms with Crippen LogP contribution in [-0.4, -0.2) is 37.3 Å². The molecule has 0 saturated heterocycles. The molecule has 0 unspecified atom stereocenters. The Hall–Kier alpha value is -3.46. The summed E-state index contributed by atoms with van der Waals surface area (Å²) in [5, 5.41) is 21.7. The molecular formula is C28H36N6O3. The van der Waals surface area contributed by atoms with Crippen molar-refractivity contribution in [3.05, 3.63) is 54.3 Å². The van der Waals surface area contributed by atoms with Gasteiger partial charge in [-0.2, -0.15) is 5.10 Å². The number of anilines is 2. The van der Waals surface area contributed by atoms with Crippen molar-refractivity contribution in [2.45, 2.75) is 70.9 Å². The summed E-state index contributed by atoms with van der Waals surface area (Å²) in [6.45, 7) is 10.4. The Morgan fingerprint density at radius 2 is 2.00 bits per heavy atom. The molecule has 0 bridgehead atoms. The summed E-state index contributed by atoms with van der Waals surface area (Å²) in [7, 11) is 0. The monoisotopic (exact) mass is 504 g/mol. The molecule has 2 fully saturated rings. The third kappa shape index (κ3) is 5.93. The fourth-order valence-corrected chi connectivity index (χ4v) is 4.88. The lowest BCUT2D eigenvalue weighted by atomic mass is 9.82. The highest BCUT2D eigenvalue weighted by atomic mass is 16.3. The Kier molecular flexibility index (Phi) is 6.90. The van der Waals surface area contributed by atoms with Crippen LogP contribution >= 0.6 is 0 Å². The predicted octanol–water partition coefficient (Wildman–Crippen LogP) is 5.54. The van der Waals surface area contributed by atoms with Gasteiger partial charge in [0.15, 0.2) is 5.69 Å². The molecule has 3 heterocycles. The number of carbonyl (C=O) groups is 1. The summed E-state index contributed by atoms with van der Waals surface area (Å²) in [6, 6.07) is 3.89. The molecule has 0 aliphatic heterocycles. The van der Waals surface area contributed by atoms with Crippen LogP contribution in [0.1, 0.15) is 81.5 Å². The fourth-order valence-electron chi connectivity index (χ4n) is 4.88. The molecular weight excluding hydrogens is 468 g/mol. The van der Waals surface area contributed by atoms with Crippen LogP contribution < -0.4 is 10.6 Å². The molecule has 3 N–H and O–H groups in total. The minimum atomic E-state index is -1.22. The molecule has 2 aliphatic carbocycles. The average molecular weight is 505 g/mol. The van der Waals surface area contributed by atoms with Crippen LogP contribution in [0.4, 0.5) is 11.5 Å². The number of amides is 1. The van der Waals surface area contributed by atoms with Crippen LogP contribution in [0.5, 0.6) is 0 Å². The van der Waals surface area contributed by atoms with E-state index in [0.717, 1.165) is 49.5 Å². The molecule has 0 aromatic carbocycles. The van der Waals surface area contributed by atoms with E-state index in [4.69, 9.17) is 9.52 Å². The number of aliphatic hydroxyl groups is 1. The van der Waals surface area contributed by atoms with E-state index in [1.807, 2.05) is 16.9 Å². The number of nitrogens with zero attached hydrogens (tertiary/aromatic N) is 4. The summed E-state index contributed by atoms with van der Waals surface area (Å²) < 4.78 is 7.51. The molecule has 0 spiro atoms. The SMILES string of the molecule is C=C(C)C1CCC(n2cc(NC(=O)c3coc(-c4ccnc(NCC5CC5)c4)n3)c(C(C)(C)O)n2)CC1. The summed E-state index contributed by atoms with van der Waals surface area (Å²) in [4.78, 5) is 21.9. The second kappa shape index (κ2) is 10.1. The van der Waals surface area contributed by atoms with Crippen molar-refractivity contribution in [2.75, 3.05) is 17.2 Å². The molecule has 0 atom stereocenters. The number of allylic oxidation sites excluding steroid dienone is 1. The first-order valence-corrected chi connectivity index (χ1v) is 13.1. The molecule has 0 radical (unpaired) electrons. The lowest BCUT2D eigenvalue weighted by molar-refractivity contribution is 0.0731. The van der Waals surface area contributed by atoms with Crippen LogP contribution in [0.2, 0.25) is 0 Å².